The lowest BCUT2D eigenvalue weighted by Gasteiger charge is -2.11. The van der Waals surface area contributed by atoms with Gasteiger partial charge in [0.25, 0.3) is 5.91 Å². The lowest BCUT2D eigenvalue weighted by molar-refractivity contribution is 0.102. The van der Waals surface area contributed by atoms with E-state index in [0.717, 1.165) is 0 Å². The molecule has 0 saturated carbocycles. The van der Waals surface area contributed by atoms with Crippen LogP contribution < -0.4 is 10.0 Å². The zero-order chi connectivity index (χ0) is 15.5. The molecule has 2 N–H and O–H groups in total. The predicted molar refractivity (Wildman–Crippen MR) is 81.7 cm³/mol. The Bertz CT molecular complexity index is 755. The molecule has 1 amide bonds. The summed E-state index contributed by atoms with van der Waals surface area (Å²) in [6.45, 7) is 1.94. The molecular formula is C13H13BrN2O4S. The molecule has 1 aromatic carbocycles. The normalized spacial score (nSPS) is 11.3. The quantitative estimate of drug-likeness (QED) is 0.843. The molecule has 0 aliphatic rings. The summed E-state index contributed by atoms with van der Waals surface area (Å²) in [6, 6.07) is 7.67. The largest absolute Gasteiger partial charge is 0.457 e. The number of carbonyl (C=O) groups excluding carboxylic acids is 1. The number of rotatable bonds is 5. The molecule has 0 saturated heterocycles. The molecule has 0 atom stereocenters. The van der Waals surface area contributed by atoms with Crippen molar-refractivity contribution in [2.45, 2.75) is 11.8 Å². The molecule has 0 unspecified atom stereocenters. The van der Waals surface area contributed by atoms with Gasteiger partial charge in [0.2, 0.25) is 10.0 Å². The van der Waals surface area contributed by atoms with Gasteiger partial charge in [-0.2, -0.15) is 0 Å². The lowest BCUT2D eigenvalue weighted by Crippen LogP contribution is -2.25. The summed E-state index contributed by atoms with van der Waals surface area (Å²) in [5.74, 6) is -0.463. The number of sulfonamides is 1. The second-order valence-corrected chi connectivity index (χ2v) is 6.52. The third-order valence-corrected chi connectivity index (χ3v) is 4.84. The minimum absolute atomic E-state index is 0.0137. The van der Waals surface area contributed by atoms with Crippen LogP contribution in [-0.2, 0) is 10.0 Å². The number of para-hydroxylation sites is 1. The number of nitrogens with one attached hydrogen (secondary N) is 2. The van der Waals surface area contributed by atoms with Crippen LogP contribution in [0.5, 0.6) is 0 Å². The zero-order valence-electron chi connectivity index (χ0n) is 11.1. The maximum absolute atomic E-state index is 12.1. The summed E-state index contributed by atoms with van der Waals surface area (Å²) in [5.41, 5.74) is 0.488. The van der Waals surface area contributed by atoms with Crippen molar-refractivity contribution in [3.63, 3.8) is 0 Å². The molecule has 0 aliphatic carbocycles. The molecule has 0 spiro atoms. The van der Waals surface area contributed by atoms with Crippen LogP contribution in [0.15, 0.2) is 50.6 Å². The fourth-order valence-electron chi connectivity index (χ4n) is 1.72. The summed E-state index contributed by atoms with van der Waals surface area (Å²) < 4.78 is 31.9. The Labute approximate surface area is 130 Å². The highest BCUT2D eigenvalue weighted by Gasteiger charge is 2.20. The van der Waals surface area contributed by atoms with Gasteiger partial charge in [0.05, 0.1) is 17.5 Å². The van der Waals surface area contributed by atoms with E-state index in [4.69, 9.17) is 4.42 Å². The summed E-state index contributed by atoms with van der Waals surface area (Å²) in [4.78, 5) is 12.1. The lowest BCUT2D eigenvalue weighted by atomic mass is 10.3. The minimum Gasteiger partial charge on any atom is -0.457 e. The number of amides is 1. The molecule has 0 fully saturated rings. The number of carbonyl (C=O) groups is 1. The third-order valence-electron chi connectivity index (χ3n) is 2.62. The molecule has 0 bridgehead atoms. The molecule has 0 aliphatic heterocycles. The van der Waals surface area contributed by atoms with Gasteiger partial charge in [-0.15, -0.1) is 0 Å². The van der Waals surface area contributed by atoms with Crippen molar-refractivity contribution in [1.82, 2.24) is 4.72 Å². The number of halogens is 1. The molecule has 1 aromatic heterocycles. The van der Waals surface area contributed by atoms with Crippen LogP contribution in [0.2, 0.25) is 0 Å². The van der Waals surface area contributed by atoms with Gasteiger partial charge in [0.1, 0.15) is 4.90 Å². The van der Waals surface area contributed by atoms with Crippen LogP contribution in [0.3, 0.4) is 0 Å². The molecular weight excluding hydrogens is 360 g/mol. The smallest absolute Gasteiger partial charge is 0.260 e. The Morgan fingerprint density at radius 3 is 2.62 bits per heavy atom. The Balaban J connectivity index is 2.34. The Kier molecular flexibility index (Phi) is 4.81. The topological polar surface area (TPSA) is 88.4 Å². The van der Waals surface area contributed by atoms with Crippen LogP contribution in [0, 0.1) is 0 Å². The molecule has 2 aromatic rings. The maximum Gasteiger partial charge on any atom is 0.260 e. The van der Waals surface area contributed by atoms with Crippen molar-refractivity contribution >= 4 is 37.5 Å². The van der Waals surface area contributed by atoms with E-state index in [1.54, 1.807) is 19.1 Å². The van der Waals surface area contributed by atoms with Crippen LogP contribution in [0.1, 0.15) is 17.3 Å². The van der Waals surface area contributed by atoms with Crippen LogP contribution in [0.4, 0.5) is 5.69 Å². The molecule has 0 radical (unpaired) electrons. The number of furan rings is 1. The van der Waals surface area contributed by atoms with Crippen molar-refractivity contribution in [2.75, 3.05) is 11.9 Å². The van der Waals surface area contributed by atoms with Crippen LogP contribution in [-0.4, -0.2) is 20.9 Å². The fourth-order valence-corrected chi connectivity index (χ4v) is 3.34. The number of benzene rings is 1. The Morgan fingerprint density at radius 1 is 1.29 bits per heavy atom. The van der Waals surface area contributed by atoms with E-state index < -0.39 is 15.9 Å². The first-order valence-corrected chi connectivity index (χ1v) is 8.36. The van der Waals surface area contributed by atoms with Gasteiger partial charge < -0.3 is 9.73 Å². The minimum atomic E-state index is -3.67. The van der Waals surface area contributed by atoms with Crippen LogP contribution in [0.25, 0.3) is 0 Å². The summed E-state index contributed by atoms with van der Waals surface area (Å²) in [7, 11) is -3.67. The van der Waals surface area contributed by atoms with Gasteiger partial charge in [-0.05, 0) is 34.1 Å². The van der Waals surface area contributed by atoms with Gasteiger partial charge in [-0.3, -0.25) is 4.79 Å². The SMILES string of the molecule is CCNS(=O)(=O)c1ccccc1NC(=O)c1ccoc1Br. The van der Waals surface area contributed by atoms with Gasteiger partial charge in [-0.25, -0.2) is 13.1 Å². The van der Waals surface area contributed by atoms with Crippen molar-refractivity contribution < 1.29 is 17.6 Å². The molecule has 21 heavy (non-hydrogen) atoms. The highest BCUT2D eigenvalue weighted by molar-refractivity contribution is 9.10. The number of hydrogen-bond donors (Lipinski definition) is 2. The van der Waals surface area contributed by atoms with E-state index in [9.17, 15) is 13.2 Å². The fraction of sp³-hybridized carbons (Fsp3) is 0.154. The van der Waals surface area contributed by atoms with E-state index in [2.05, 4.69) is 26.0 Å². The van der Waals surface area contributed by atoms with Gasteiger partial charge in [0, 0.05) is 6.54 Å². The number of hydrogen-bond acceptors (Lipinski definition) is 4. The zero-order valence-corrected chi connectivity index (χ0v) is 13.5. The average Bonchev–Trinajstić information content (AvgIpc) is 2.85. The van der Waals surface area contributed by atoms with Crippen molar-refractivity contribution in [3.05, 3.63) is 46.8 Å². The van der Waals surface area contributed by atoms with Crippen LogP contribution >= 0.6 is 15.9 Å². The maximum atomic E-state index is 12.1. The first-order valence-electron chi connectivity index (χ1n) is 6.08. The third kappa shape index (κ3) is 3.52. The second kappa shape index (κ2) is 6.42. The van der Waals surface area contributed by atoms with Gasteiger partial charge in [-0.1, -0.05) is 19.1 Å². The van der Waals surface area contributed by atoms with Gasteiger partial charge in [0.15, 0.2) is 4.67 Å². The van der Waals surface area contributed by atoms with Crippen molar-refractivity contribution in [1.29, 1.82) is 0 Å². The second-order valence-electron chi connectivity index (χ2n) is 4.06. The van der Waals surface area contributed by atoms with Crippen molar-refractivity contribution in [3.8, 4) is 0 Å². The molecule has 6 nitrogen and oxygen atoms in total. The van der Waals surface area contributed by atoms with Crippen molar-refractivity contribution in [2.24, 2.45) is 0 Å². The van der Waals surface area contributed by atoms with E-state index in [-0.39, 0.29) is 27.4 Å². The number of anilines is 1. The van der Waals surface area contributed by atoms with E-state index in [1.165, 1.54) is 24.5 Å². The predicted octanol–water partition coefficient (Wildman–Crippen LogP) is 2.59. The van der Waals surface area contributed by atoms with E-state index in [0.29, 0.717) is 0 Å². The van der Waals surface area contributed by atoms with E-state index in [1.807, 2.05) is 0 Å². The monoisotopic (exact) mass is 372 g/mol. The summed E-state index contributed by atoms with van der Waals surface area (Å²) >= 11 is 3.11. The summed E-state index contributed by atoms with van der Waals surface area (Å²) in [5, 5.41) is 2.57. The standard InChI is InChI=1S/C13H13BrN2O4S/c1-2-15-21(18,19)11-6-4-3-5-10(11)16-13(17)9-7-8-20-12(9)14/h3-8,15H,2H2,1H3,(H,16,17). The van der Waals surface area contributed by atoms with Gasteiger partial charge >= 0.3 is 0 Å². The summed E-state index contributed by atoms with van der Waals surface area (Å²) in [6.07, 6.45) is 1.36. The highest BCUT2D eigenvalue weighted by atomic mass is 79.9. The average molecular weight is 373 g/mol. The first-order chi connectivity index (χ1) is 9.95. The molecule has 112 valence electrons. The Morgan fingerprint density at radius 2 is 2.00 bits per heavy atom. The highest BCUT2D eigenvalue weighted by Crippen LogP contribution is 2.23. The first kappa shape index (κ1) is 15.7. The molecule has 2 rings (SSSR count). The molecule has 1 heterocycles. The van der Waals surface area contributed by atoms with E-state index >= 15 is 0 Å². The Hall–Kier alpha value is -1.64. The molecule has 8 heteroatoms.